The van der Waals surface area contributed by atoms with Crippen LogP contribution in [0, 0.1) is 6.92 Å². The van der Waals surface area contributed by atoms with Crippen molar-refractivity contribution in [3.8, 4) is 0 Å². The molecule has 0 bridgehead atoms. The molecule has 0 atom stereocenters. The smallest absolute Gasteiger partial charge is 0.371 e. The van der Waals surface area contributed by atoms with Gasteiger partial charge in [0, 0.05) is 17.7 Å². The summed E-state index contributed by atoms with van der Waals surface area (Å²) in [6.45, 7) is 1.83. The largest absolute Gasteiger partial charge is 0.475 e. The Hall–Kier alpha value is -2.83. The second-order valence-corrected chi connectivity index (χ2v) is 5.51. The predicted molar refractivity (Wildman–Crippen MR) is 79.6 cm³/mol. The molecule has 2 aromatic rings. The van der Waals surface area contributed by atoms with Crippen molar-refractivity contribution in [1.29, 1.82) is 0 Å². The summed E-state index contributed by atoms with van der Waals surface area (Å²) in [7, 11) is 0. The zero-order valence-corrected chi connectivity index (χ0v) is 12.6. The van der Waals surface area contributed by atoms with Gasteiger partial charge in [0.15, 0.2) is 5.78 Å². The first-order chi connectivity index (χ1) is 11.0. The number of amides is 1. The van der Waals surface area contributed by atoms with Crippen LogP contribution in [0.1, 0.15) is 61.3 Å². The second-order valence-electron chi connectivity index (χ2n) is 5.51. The molecular weight excluding hydrogens is 300 g/mol. The molecule has 1 aliphatic rings. The van der Waals surface area contributed by atoms with E-state index in [4.69, 9.17) is 9.52 Å². The molecule has 0 aromatic carbocycles. The summed E-state index contributed by atoms with van der Waals surface area (Å²) >= 11 is 0. The summed E-state index contributed by atoms with van der Waals surface area (Å²) in [4.78, 5) is 38.0. The standard InChI is InChI=1S/C16H16N2O5/c1-8-13-10(3-2-4-11(13)19)18-14(8)15(20)17-7-9-5-6-12(23-9)16(21)22/h5-6,18H,2-4,7H2,1H3,(H,17,20)(H,21,22). The van der Waals surface area contributed by atoms with Gasteiger partial charge in [0.05, 0.1) is 6.54 Å². The van der Waals surface area contributed by atoms with Gasteiger partial charge < -0.3 is 19.8 Å². The molecule has 7 nitrogen and oxygen atoms in total. The number of nitrogens with one attached hydrogen (secondary N) is 2. The number of furan rings is 1. The number of ketones is 1. The highest BCUT2D eigenvalue weighted by molar-refractivity contribution is 6.04. The number of rotatable bonds is 4. The Morgan fingerprint density at radius 2 is 2.13 bits per heavy atom. The minimum absolute atomic E-state index is 0.0659. The SMILES string of the molecule is Cc1c(C(=O)NCc2ccc(C(=O)O)o2)[nH]c2c1C(=O)CCC2. The zero-order valence-electron chi connectivity index (χ0n) is 12.6. The number of carbonyl (C=O) groups excluding carboxylic acids is 2. The quantitative estimate of drug-likeness (QED) is 0.799. The molecule has 1 aliphatic carbocycles. The van der Waals surface area contributed by atoms with Gasteiger partial charge in [0.25, 0.3) is 5.91 Å². The monoisotopic (exact) mass is 316 g/mol. The van der Waals surface area contributed by atoms with E-state index in [1.54, 1.807) is 6.92 Å². The molecule has 0 unspecified atom stereocenters. The third-order valence-corrected chi connectivity index (χ3v) is 3.96. The van der Waals surface area contributed by atoms with E-state index in [0.717, 1.165) is 18.5 Å². The Balaban J connectivity index is 1.73. The molecule has 0 aliphatic heterocycles. The Morgan fingerprint density at radius 3 is 2.78 bits per heavy atom. The van der Waals surface area contributed by atoms with E-state index in [9.17, 15) is 14.4 Å². The molecule has 2 aromatic heterocycles. The van der Waals surface area contributed by atoms with Crippen LogP contribution in [0.3, 0.4) is 0 Å². The molecule has 1 amide bonds. The number of hydrogen-bond acceptors (Lipinski definition) is 4. The average Bonchev–Trinajstić information content (AvgIpc) is 3.11. The molecular formula is C16H16N2O5. The lowest BCUT2D eigenvalue weighted by molar-refractivity contribution is 0.0660. The molecule has 3 rings (SSSR count). The van der Waals surface area contributed by atoms with E-state index in [1.807, 2.05) is 0 Å². The van der Waals surface area contributed by atoms with E-state index < -0.39 is 5.97 Å². The number of aromatic amines is 1. The lowest BCUT2D eigenvalue weighted by atomic mass is 9.94. The number of fused-ring (bicyclic) bond motifs is 1. The summed E-state index contributed by atoms with van der Waals surface area (Å²) in [5.74, 6) is -1.27. The molecule has 3 N–H and O–H groups in total. The minimum Gasteiger partial charge on any atom is -0.475 e. The third kappa shape index (κ3) is 2.77. The molecule has 7 heteroatoms. The van der Waals surface area contributed by atoms with Gasteiger partial charge in [-0.05, 0) is 37.5 Å². The Bertz CT molecular complexity index is 799. The molecule has 0 spiro atoms. The van der Waals surface area contributed by atoms with E-state index >= 15 is 0 Å². The van der Waals surface area contributed by atoms with Gasteiger partial charge in [-0.2, -0.15) is 0 Å². The van der Waals surface area contributed by atoms with Crippen LogP contribution in [0.2, 0.25) is 0 Å². The number of carbonyl (C=O) groups is 3. The fraction of sp³-hybridized carbons (Fsp3) is 0.312. The van der Waals surface area contributed by atoms with E-state index in [-0.39, 0.29) is 24.0 Å². The van der Waals surface area contributed by atoms with Gasteiger partial charge in [0.1, 0.15) is 11.5 Å². The van der Waals surface area contributed by atoms with Gasteiger partial charge in [-0.25, -0.2) is 4.79 Å². The molecule has 0 fully saturated rings. The highest BCUT2D eigenvalue weighted by Crippen LogP contribution is 2.26. The summed E-state index contributed by atoms with van der Waals surface area (Å²) in [6.07, 6.45) is 2.06. The lowest BCUT2D eigenvalue weighted by Crippen LogP contribution is -2.23. The number of hydrogen-bond donors (Lipinski definition) is 3. The number of H-pyrrole nitrogens is 1. The van der Waals surface area contributed by atoms with Crippen molar-refractivity contribution >= 4 is 17.7 Å². The fourth-order valence-electron chi connectivity index (χ4n) is 2.84. The molecule has 0 saturated carbocycles. The number of Topliss-reactive ketones (excluding diaryl/α,β-unsaturated/α-hetero) is 1. The molecule has 23 heavy (non-hydrogen) atoms. The summed E-state index contributed by atoms with van der Waals surface area (Å²) in [5.41, 5.74) is 2.48. The van der Waals surface area contributed by atoms with Crippen molar-refractivity contribution in [2.24, 2.45) is 0 Å². The van der Waals surface area contributed by atoms with Crippen molar-refractivity contribution in [1.82, 2.24) is 10.3 Å². The van der Waals surface area contributed by atoms with Gasteiger partial charge in [-0.3, -0.25) is 9.59 Å². The van der Waals surface area contributed by atoms with Crippen LogP contribution >= 0.6 is 0 Å². The van der Waals surface area contributed by atoms with Crippen LogP contribution < -0.4 is 5.32 Å². The second kappa shape index (κ2) is 5.75. The zero-order chi connectivity index (χ0) is 16.6. The number of aryl methyl sites for hydroxylation is 1. The van der Waals surface area contributed by atoms with Crippen LogP contribution in [-0.4, -0.2) is 27.8 Å². The van der Waals surface area contributed by atoms with Crippen LogP contribution in [0.4, 0.5) is 0 Å². The first-order valence-corrected chi connectivity index (χ1v) is 7.32. The third-order valence-electron chi connectivity index (χ3n) is 3.96. The topological polar surface area (TPSA) is 112 Å². The molecule has 0 saturated heterocycles. The van der Waals surface area contributed by atoms with Crippen LogP contribution in [0.15, 0.2) is 16.5 Å². The van der Waals surface area contributed by atoms with Crippen LogP contribution in [0.25, 0.3) is 0 Å². The lowest BCUT2D eigenvalue weighted by Gasteiger charge is -2.09. The Labute approximate surface area is 131 Å². The fourth-order valence-corrected chi connectivity index (χ4v) is 2.84. The maximum absolute atomic E-state index is 12.3. The van der Waals surface area contributed by atoms with Gasteiger partial charge in [-0.15, -0.1) is 0 Å². The van der Waals surface area contributed by atoms with Crippen molar-refractivity contribution < 1.29 is 23.9 Å². The van der Waals surface area contributed by atoms with Crippen molar-refractivity contribution in [3.05, 3.63) is 46.2 Å². The minimum atomic E-state index is -1.16. The average molecular weight is 316 g/mol. The number of carboxylic acids is 1. The van der Waals surface area contributed by atoms with Gasteiger partial charge >= 0.3 is 5.97 Å². The number of carboxylic acid groups (broad SMARTS) is 1. The van der Waals surface area contributed by atoms with E-state index in [2.05, 4.69) is 10.3 Å². The van der Waals surface area contributed by atoms with Crippen LogP contribution in [0.5, 0.6) is 0 Å². The number of aromatic nitrogens is 1. The van der Waals surface area contributed by atoms with Gasteiger partial charge in [-0.1, -0.05) is 0 Å². The first kappa shape index (κ1) is 15.1. The first-order valence-electron chi connectivity index (χ1n) is 7.32. The summed E-state index contributed by atoms with van der Waals surface area (Å²) in [5, 5.41) is 11.5. The summed E-state index contributed by atoms with van der Waals surface area (Å²) < 4.78 is 5.08. The molecule has 120 valence electrons. The maximum Gasteiger partial charge on any atom is 0.371 e. The van der Waals surface area contributed by atoms with E-state index in [0.29, 0.717) is 29.0 Å². The maximum atomic E-state index is 12.3. The Morgan fingerprint density at radius 1 is 1.35 bits per heavy atom. The van der Waals surface area contributed by atoms with Crippen molar-refractivity contribution in [2.75, 3.05) is 0 Å². The highest BCUT2D eigenvalue weighted by atomic mass is 16.4. The van der Waals surface area contributed by atoms with Gasteiger partial charge in [0.2, 0.25) is 5.76 Å². The predicted octanol–water partition coefficient (Wildman–Crippen LogP) is 2.06. The van der Waals surface area contributed by atoms with Crippen molar-refractivity contribution in [3.63, 3.8) is 0 Å². The van der Waals surface area contributed by atoms with E-state index in [1.165, 1.54) is 12.1 Å². The Kier molecular flexibility index (Phi) is 3.77. The normalized spacial score (nSPS) is 13.7. The highest BCUT2D eigenvalue weighted by Gasteiger charge is 2.26. The molecule has 2 heterocycles. The molecule has 0 radical (unpaired) electrons. The summed E-state index contributed by atoms with van der Waals surface area (Å²) in [6, 6.07) is 2.83. The van der Waals surface area contributed by atoms with Crippen molar-refractivity contribution in [2.45, 2.75) is 32.7 Å². The van der Waals surface area contributed by atoms with Crippen LogP contribution in [-0.2, 0) is 13.0 Å². The number of aromatic carboxylic acids is 1.